The number of aromatic nitrogens is 4. The van der Waals surface area contributed by atoms with Gasteiger partial charge in [0, 0.05) is 38.2 Å². The van der Waals surface area contributed by atoms with E-state index in [2.05, 4.69) is 26.2 Å². The summed E-state index contributed by atoms with van der Waals surface area (Å²) in [5, 5.41) is 35.6. The average molecular weight is 664 g/mol. The highest BCUT2D eigenvalue weighted by Gasteiger charge is 2.54. The van der Waals surface area contributed by atoms with Gasteiger partial charge in [-0.05, 0) is 40.6 Å². The fourth-order valence-corrected chi connectivity index (χ4v) is 7.20. The number of hydrogen-bond acceptors (Lipinski definition) is 12. The minimum atomic E-state index is -1.42. The average Bonchev–Trinajstić information content (AvgIpc) is 3.42. The Morgan fingerprint density at radius 1 is 1.13 bits per heavy atom. The third-order valence-electron chi connectivity index (χ3n) is 7.20. The Bertz CT molecular complexity index is 1560. The smallest absolute Gasteiger partial charge is 0.352 e. The second-order valence-corrected chi connectivity index (χ2v) is 11.9. The van der Waals surface area contributed by atoms with Crippen LogP contribution in [-0.4, -0.2) is 129 Å². The standard InChI is InChI=1S/C25H27N9O8S2.H2O/c1-3-32-8-9-33(21(39)20(32)38)24(42)27-15(12-4-6-14(35)7-5-12)18(36)26-16-19(37)34-17(23(40)41)13(10-43-22(16)34)11-44-25-28-29-30-31(25)2;/h4-7,15-16,22,35H,3,8-11H2,1-2H3,(H,26,36)(H,27,42)(H,40,41);1H2. The van der Waals surface area contributed by atoms with Crippen LogP contribution in [0.15, 0.2) is 40.7 Å². The van der Waals surface area contributed by atoms with Crippen LogP contribution >= 0.6 is 23.5 Å². The van der Waals surface area contributed by atoms with Gasteiger partial charge in [-0.15, -0.1) is 16.9 Å². The third kappa shape index (κ3) is 6.42. The predicted molar refractivity (Wildman–Crippen MR) is 156 cm³/mol. The summed E-state index contributed by atoms with van der Waals surface area (Å²) in [5.41, 5.74) is 0.536. The number of rotatable bonds is 9. The molecule has 3 aliphatic rings. The first-order valence-electron chi connectivity index (χ1n) is 13.3. The van der Waals surface area contributed by atoms with E-state index in [1.807, 2.05) is 0 Å². The Hall–Kier alpha value is -4.69. The molecule has 20 heteroatoms. The van der Waals surface area contributed by atoms with Crippen molar-refractivity contribution in [3.63, 3.8) is 0 Å². The van der Waals surface area contributed by atoms with Crippen LogP contribution in [0.1, 0.15) is 18.5 Å². The number of aryl methyl sites for hydroxylation is 1. The molecule has 2 aromatic rings. The highest BCUT2D eigenvalue weighted by Crippen LogP contribution is 2.41. The number of urea groups is 1. The number of hydrogen-bond donors (Lipinski definition) is 4. The zero-order valence-electron chi connectivity index (χ0n) is 23.9. The number of nitrogens with zero attached hydrogens (tertiary/aromatic N) is 7. The van der Waals surface area contributed by atoms with Crippen molar-refractivity contribution < 1.29 is 44.5 Å². The topological polar surface area (TPSA) is 252 Å². The van der Waals surface area contributed by atoms with Crippen molar-refractivity contribution >= 4 is 59.2 Å². The van der Waals surface area contributed by atoms with Crippen molar-refractivity contribution in [3.05, 3.63) is 41.1 Å². The number of β-lactam (4-membered cyclic amide) rings is 1. The van der Waals surface area contributed by atoms with Crippen molar-refractivity contribution in [2.45, 2.75) is 29.5 Å². The number of tetrazole rings is 1. The highest BCUT2D eigenvalue weighted by atomic mass is 32.2. The number of carbonyl (C=O) groups excluding carboxylic acids is 5. The third-order valence-corrected chi connectivity index (χ3v) is 9.63. The van der Waals surface area contributed by atoms with E-state index in [9.17, 15) is 39.0 Å². The van der Waals surface area contributed by atoms with Gasteiger partial charge < -0.3 is 31.2 Å². The van der Waals surface area contributed by atoms with E-state index in [0.29, 0.717) is 22.2 Å². The van der Waals surface area contributed by atoms with Crippen LogP contribution in [0.2, 0.25) is 0 Å². The molecule has 4 heterocycles. The molecule has 1 aromatic heterocycles. The molecule has 6 amide bonds. The first-order valence-corrected chi connectivity index (χ1v) is 15.3. The fourth-order valence-electron chi connectivity index (χ4n) is 4.86. The summed E-state index contributed by atoms with van der Waals surface area (Å²) in [4.78, 5) is 80.1. The molecule has 3 unspecified atom stereocenters. The van der Waals surface area contributed by atoms with Gasteiger partial charge in [-0.3, -0.25) is 29.0 Å². The number of amides is 6. The lowest BCUT2D eigenvalue weighted by Crippen LogP contribution is -2.71. The number of nitrogens with one attached hydrogen (secondary N) is 2. The van der Waals surface area contributed by atoms with Gasteiger partial charge in [0.1, 0.15) is 28.9 Å². The van der Waals surface area contributed by atoms with Crippen molar-refractivity contribution in [2.24, 2.45) is 7.05 Å². The van der Waals surface area contributed by atoms with Crippen molar-refractivity contribution in [1.29, 1.82) is 0 Å². The van der Waals surface area contributed by atoms with Crippen LogP contribution in [0.25, 0.3) is 0 Å². The summed E-state index contributed by atoms with van der Waals surface area (Å²) in [7, 11) is 1.64. The summed E-state index contributed by atoms with van der Waals surface area (Å²) in [6, 6.07) is 1.84. The van der Waals surface area contributed by atoms with Crippen molar-refractivity contribution in [1.82, 2.24) is 45.5 Å². The van der Waals surface area contributed by atoms with Crippen LogP contribution in [0.4, 0.5) is 4.79 Å². The van der Waals surface area contributed by atoms with Gasteiger partial charge in [0.05, 0.1) is 0 Å². The molecule has 18 nitrogen and oxygen atoms in total. The fraction of sp³-hybridized carbons (Fsp3) is 0.400. The molecular formula is C25H29N9O9S2. The summed E-state index contributed by atoms with van der Waals surface area (Å²) >= 11 is 2.49. The number of fused-ring (bicyclic) bond motifs is 1. The number of aliphatic carboxylic acids is 1. The van der Waals surface area contributed by atoms with Crippen molar-refractivity contribution in [2.75, 3.05) is 31.1 Å². The molecule has 45 heavy (non-hydrogen) atoms. The Balaban J connectivity index is 0.00000461. The van der Waals surface area contributed by atoms with E-state index in [1.165, 1.54) is 57.4 Å². The van der Waals surface area contributed by atoms with E-state index < -0.39 is 53.1 Å². The van der Waals surface area contributed by atoms with Gasteiger partial charge in [0.25, 0.3) is 5.91 Å². The number of phenols is 1. The van der Waals surface area contributed by atoms with Gasteiger partial charge in [-0.1, -0.05) is 23.9 Å². The van der Waals surface area contributed by atoms with Gasteiger partial charge in [-0.25, -0.2) is 14.3 Å². The van der Waals surface area contributed by atoms with Gasteiger partial charge in [0.15, 0.2) is 0 Å². The van der Waals surface area contributed by atoms with Crippen LogP contribution in [0.5, 0.6) is 5.75 Å². The molecule has 0 saturated carbocycles. The second-order valence-electron chi connectivity index (χ2n) is 9.84. The number of aromatic hydroxyl groups is 1. The minimum Gasteiger partial charge on any atom is -0.508 e. The lowest BCUT2D eigenvalue weighted by Gasteiger charge is -2.49. The number of piperazine rings is 1. The zero-order chi connectivity index (χ0) is 31.7. The number of carbonyl (C=O) groups is 6. The Labute approximate surface area is 263 Å². The summed E-state index contributed by atoms with van der Waals surface area (Å²) < 4.78 is 1.44. The highest BCUT2D eigenvalue weighted by molar-refractivity contribution is 8.01. The van der Waals surface area contributed by atoms with Gasteiger partial charge >= 0.3 is 23.8 Å². The van der Waals surface area contributed by atoms with E-state index >= 15 is 0 Å². The van der Waals surface area contributed by atoms with Crippen LogP contribution < -0.4 is 10.6 Å². The largest absolute Gasteiger partial charge is 0.508 e. The molecule has 5 rings (SSSR count). The predicted octanol–water partition coefficient (Wildman–Crippen LogP) is -1.94. The summed E-state index contributed by atoms with van der Waals surface area (Å²) in [6.07, 6.45) is 0. The molecule has 3 atom stereocenters. The van der Waals surface area contributed by atoms with E-state index in [-0.39, 0.29) is 47.1 Å². The number of phenolic OH excluding ortho intramolecular Hbond substituents is 1. The van der Waals surface area contributed by atoms with Crippen LogP contribution in [0, 0.1) is 0 Å². The Morgan fingerprint density at radius 3 is 2.47 bits per heavy atom. The maximum atomic E-state index is 13.6. The monoisotopic (exact) mass is 663 g/mol. The Kier molecular flexibility index (Phi) is 9.98. The lowest BCUT2D eigenvalue weighted by molar-refractivity contribution is -0.153. The molecule has 6 N–H and O–H groups in total. The lowest BCUT2D eigenvalue weighted by atomic mass is 10.0. The molecule has 240 valence electrons. The summed E-state index contributed by atoms with van der Waals surface area (Å²) in [5.74, 6) is -4.26. The SMILES string of the molecule is CCN1CCN(C(=O)NC(C(=O)NC2C(=O)N3C(C(=O)O)=C(CSc4nnnn4C)CSC23)c2ccc(O)cc2)C(=O)C1=O.O. The molecule has 0 aliphatic carbocycles. The van der Waals surface area contributed by atoms with E-state index in [4.69, 9.17) is 0 Å². The molecule has 3 aliphatic heterocycles. The van der Waals surface area contributed by atoms with Crippen LogP contribution in [-0.2, 0) is 31.0 Å². The molecule has 0 radical (unpaired) electrons. The van der Waals surface area contributed by atoms with E-state index in [1.54, 1.807) is 14.0 Å². The molecule has 2 saturated heterocycles. The number of carboxylic acids is 1. The zero-order valence-corrected chi connectivity index (χ0v) is 25.5. The minimum absolute atomic E-state index is 0. The first kappa shape index (κ1) is 33.2. The number of carboxylic acid groups (broad SMARTS) is 1. The maximum Gasteiger partial charge on any atom is 0.352 e. The van der Waals surface area contributed by atoms with Gasteiger partial charge in [-0.2, -0.15) is 0 Å². The Morgan fingerprint density at radius 2 is 1.84 bits per heavy atom. The summed E-state index contributed by atoms with van der Waals surface area (Å²) in [6.45, 7) is 2.04. The number of thioether (sulfide) groups is 2. The molecule has 0 spiro atoms. The molecular weight excluding hydrogens is 634 g/mol. The number of imide groups is 1. The molecule has 0 bridgehead atoms. The van der Waals surface area contributed by atoms with Crippen molar-refractivity contribution in [3.8, 4) is 5.75 Å². The first-order chi connectivity index (χ1) is 21.0. The number of likely N-dealkylation sites (N-methyl/N-ethyl adjacent to an activating group) is 1. The normalized spacial score (nSPS) is 20.2. The quantitative estimate of drug-likeness (QED) is 0.130. The van der Waals surface area contributed by atoms with Gasteiger partial charge in [0.2, 0.25) is 11.1 Å². The van der Waals surface area contributed by atoms with Crippen LogP contribution in [0.3, 0.4) is 0 Å². The van der Waals surface area contributed by atoms with E-state index in [0.717, 1.165) is 4.90 Å². The maximum absolute atomic E-state index is 13.6. The molecule has 1 aromatic carbocycles. The number of benzene rings is 1. The molecule has 2 fully saturated rings. The second kappa shape index (κ2) is 13.5.